The maximum Gasteiger partial charge on any atom is 0.342 e. The van der Waals surface area contributed by atoms with Crippen LogP contribution in [-0.4, -0.2) is 73.4 Å². The maximum atomic E-state index is 13.7. The molecule has 0 aromatic heterocycles. The highest BCUT2D eigenvalue weighted by Crippen LogP contribution is 2.85. The minimum Gasteiger partial charge on any atom is -0.459 e. The third-order valence-electron chi connectivity index (χ3n) is 9.62. The van der Waals surface area contributed by atoms with E-state index in [2.05, 4.69) is 20.8 Å². The van der Waals surface area contributed by atoms with Gasteiger partial charge in [-0.2, -0.15) is 0 Å². The summed E-state index contributed by atoms with van der Waals surface area (Å²) in [6.45, 7) is 8.14. The van der Waals surface area contributed by atoms with Crippen molar-refractivity contribution in [2.24, 2.45) is 28.1 Å². The summed E-state index contributed by atoms with van der Waals surface area (Å²) < 4.78 is 36.3. The van der Waals surface area contributed by atoms with Gasteiger partial charge in [-0.1, -0.05) is 27.7 Å². The summed E-state index contributed by atoms with van der Waals surface area (Å²) >= 11 is 0. The van der Waals surface area contributed by atoms with Gasteiger partial charge in [0.2, 0.25) is 11.9 Å². The molecule has 4 saturated heterocycles. The van der Waals surface area contributed by atoms with Gasteiger partial charge in [0.05, 0.1) is 16.9 Å². The summed E-state index contributed by atoms with van der Waals surface area (Å²) in [5, 5.41) is 10.6. The molecule has 6 unspecified atom stereocenters. The number of hydrogen-bond donors (Lipinski definition) is 1. The van der Waals surface area contributed by atoms with E-state index in [1.54, 1.807) is 6.92 Å². The first-order valence-electron chi connectivity index (χ1n) is 11.0. The molecule has 0 bridgehead atoms. The Bertz CT molecular complexity index is 883. The Balaban J connectivity index is 1.69. The first-order chi connectivity index (χ1) is 14.5. The first-order valence-corrected chi connectivity index (χ1v) is 11.0. The molecule has 172 valence electrons. The molecule has 2 aliphatic carbocycles. The van der Waals surface area contributed by atoms with E-state index >= 15 is 0 Å². The molecule has 2 spiro atoms. The first kappa shape index (κ1) is 20.4. The van der Waals surface area contributed by atoms with Crippen molar-refractivity contribution in [3.05, 3.63) is 0 Å². The fourth-order valence-electron chi connectivity index (χ4n) is 8.89. The van der Waals surface area contributed by atoms with E-state index in [1.165, 1.54) is 14.2 Å². The normalized spacial score (nSPS) is 58.7. The van der Waals surface area contributed by atoms with Gasteiger partial charge in [-0.25, -0.2) is 9.59 Å². The highest BCUT2D eigenvalue weighted by Gasteiger charge is 3.01. The van der Waals surface area contributed by atoms with Crippen LogP contribution in [0, 0.1) is 28.1 Å². The summed E-state index contributed by atoms with van der Waals surface area (Å²) in [5.41, 5.74) is -4.98. The van der Waals surface area contributed by atoms with Crippen molar-refractivity contribution in [2.75, 3.05) is 14.2 Å². The maximum absolute atomic E-state index is 13.7. The average Bonchev–Trinajstić information content (AvgIpc) is 3.39. The Labute approximate surface area is 180 Å². The number of methoxy groups -OCH3 is 2. The topological polar surface area (TPSA) is 110 Å². The molecule has 9 heteroatoms. The van der Waals surface area contributed by atoms with Gasteiger partial charge in [0, 0.05) is 20.1 Å². The lowest BCUT2D eigenvalue weighted by molar-refractivity contribution is -0.245. The summed E-state index contributed by atoms with van der Waals surface area (Å²) in [4.78, 5) is 26.7. The molecular weight excluding hydrogens is 408 g/mol. The number of carbonyl (C=O) groups excluding carboxylic acids is 2. The highest BCUT2D eigenvalue weighted by atomic mass is 16.8. The van der Waals surface area contributed by atoms with E-state index in [0.29, 0.717) is 12.8 Å². The van der Waals surface area contributed by atoms with Crippen LogP contribution in [0.4, 0.5) is 0 Å². The zero-order valence-corrected chi connectivity index (χ0v) is 18.7. The summed E-state index contributed by atoms with van der Waals surface area (Å²) in [6.07, 6.45) is -3.16. The Hall–Kier alpha value is -1.26. The number of rotatable bonds is 2. The van der Waals surface area contributed by atoms with Gasteiger partial charge < -0.3 is 33.5 Å². The molecule has 4 heterocycles. The molecule has 0 aromatic carbocycles. The van der Waals surface area contributed by atoms with E-state index < -0.39 is 70.8 Å². The zero-order valence-electron chi connectivity index (χ0n) is 18.7. The molecule has 1 N–H and O–H groups in total. The molecule has 4 aliphatic heterocycles. The number of carbonyl (C=O) groups is 2. The second-order valence-electron chi connectivity index (χ2n) is 11.1. The SMILES string of the molecule is CO[C@H]1C(=O)OC2O[C@]34C(=O)OC5C[C@@H](C(C)(C)C)C21C53CC1OC(O)[C@@H](C)[C@@]14OC. The minimum atomic E-state index is -1.57. The van der Waals surface area contributed by atoms with E-state index in [9.17, 15) is 14.7 Å². The van der Waals surface area contributed by atoms with Gasteiger partial charge in [-0.3, -0.25) is 0 Å². The van der Waals surface area contributed by atoms with Crippen molar-refractivity contribution in [3.63, 3.8) is 0 Å². The van der Waals surface area contributed by atoms with Crippen molar-refractivity contribution in [3.8, 4) is 0 Å². The van der Waals surface area contributed by atoms with Crippen molar-refractivity contribution in [1.29, 1.82) is 0 Å². The molecular formula is C22H30O9. The summed E-state index contributed by atoms with van der Waals surface area (Å²) in [7, 11) is 3.01. The number of aliphatic hydroxyl groups is 1. The summed E-state index contributed by atoms with van der Waals surface area (Å²) in [6, 6.07) is 0. The number of hydrogen-bond acceptors (Lipinski definition) is 9. The van der Waals surface area contributed by atoms with Crippen LogP contribution in [0.25, 0.3) is 0 Å². The van der Waals surface area contributed by atoms with Gasteiger partial charge in [0.25, 0.3) is 0 Å². The van der Waals surface area contributed by atoms with Gasteiger partial charge in [-0.15, -0.1) is 0 Å². The Morgan fingerprint density at radius 2 is 1.84 bits per heavy atom. The van der Waals surface area contributed by atoms with E-state index in [4.69, 9.17) is 28.4 Å². The van der Waals surface area contributed by atoms with Gasteiger partial charge >= 0.3 is 11.9 Å². The summed E-state index contributed by atoms with van der Waals surface area (Å²) in [5.74, 6) is -1.66. The van der Waals surface area contributed by atoms with Crippen LogP contribution >= 0.6 is 0 Å². The quantitative estimate of drug-likeness (QED) is 0.625. The standard InChI is InChI=1S/C22H30O9/c1-9-14(23)28-12-8-19-11-7-10(18(2,3)4)20(19)13(26-5)15(24)30-17(20)31-22(19,16(25)29-11)21(9,12)27-6/h9-14,17,23H,7-8H2,1-6H3/t9-,10+,11?,12?,13+,14?,17?,19?,20?,21-,22-/m1/s1. The van der Waals surface area contributed by atoms with Gasteiger partial charge in [-0.05, 0) is 24.2 Å². The molecule has 6 aliphatic rings. The highest BCUT2D eigenvalue weighted by molar-refractivity contribution is 5.91. The molecule has 0 aromatic rings. The molecule has 0 radical (unpaired) electrons. The number of aliphatic hydroxyl groups excluding tert-OH is 1. The van der Waals surface area contributed by atoms with Crippen molar-refractivity contribution >= 4 is 11.9 Å². The van der Waals surface area contributed by atoms with Crippen molar-refractivity contribution < 1.29 is 43.1 Å². The molecule has 6 fully saturated rings. The average molecular weight is 438 g/mol. The third kappa shape index (κ3) is 1.62. The molecule has 11 atom stereocenters. The fraction of sp³-hybridized carbons (Fsp3) is 0.909. The number of ether oxygens (including phenoxy) is 6. The molecule has 6 rings (SSSR count). The molecule has 31 heavy (non-hydrogen) atoms. The third-order valence-corrected chi connectivity index (χ3v) is 9.62. The van der Waals surface area contributed by atoms with E-state index in [-0.39, 0.29) is 11.3 Å². The zero-order chi connectivity index (χ0) is 22.4. The minimum absolute atomic E-state index is 0.0886. The largest absolute Gasteiger partial charge is 0.459 e. The lowest BCUT2D eigenvalue weighted by atomic mass is 9.51. The second kappa shape index (κ2) is 5.44. The number of esters is 2. The van der Waals surface area contributed by atoms with Crippen molar-refractivity contribution in [2.45, 2.75) is 82.6 Å². The Morgan fingerprint density at radius 3 is 2.45 bits per heavy atom. The monoisotopic (exact) mass is 438 g/mol. The van der Waals surface area contributed by atoms with Crippen LogP contribution in [-0.2, 0) is 38.0 Å². The van der Waals surface area contributed by atoms with Crippen LogP contribution in [0.15, 0.2) is 0 Å². The molecule has 2 saturated carbocycles. The van der Waals surface area contributed by atoms with Gasteiger partial charge in [0.15, 0.2) is 12.4 Å². The van der Waals surface area contributed by atoms with Crippen LogP contribution in [0.1, 0.15) is 40.5 Å². The van der Waals surface area contributed by atoms with E-state index in [1.807, 2.05) is 0 Å². The van der Waals surface area contributed by atoms with Crippen LogP contribution in [0.3, 0.4) is 0 Å². The Kier molecular flexibility index (Phi) is 3.57. The lowest BCUT2D eigenvalue weighted by Crippen LogP contribution is -2.67. The van der Waals surface area contributed by atoms with E-state index in [0.717, 1.165) is 0 Å². The fourth-order valence-corrected chi connectivity index (χ4v) is 8.89. The van der Waals surface area contributed by atoms with Crippen LogP contribution in [0.5, 0.6) is 0 Å². The predicted octanol–water partition coefficient (Wildman–Crippen LogP) is 0.760. The second-order valence-corrected chi connectivity index (χ2v) is 11.1. The smallest absolute Gasteiger partial charge is 0.342 e. The van der Waals surface area contributed by atoms with Crippen molar-refractivity contribution in [1.82, 2.24) is 0 Å². The predicted molar refractivity (Wildman–Crippen MR) is 101 cm³/mol. The Morgan fingerprint density at radius 1 is 1.13 bits per heavy atom. The van der Waals surface area contributed by atoms with Crippen LogP contribution < -0.4 is 0 Å². The van der Waals surface area contributed by atoms with Crippen LogP contribution in [0.2, 0.25) is 0 Å². The lowest BCUT2D eigenvalue weighted by Gasteiger charge is -2.48. The number of fused-ring (bicyclic) bond motifs is 1. The molecule has 9 nitrogen and oxygen atoms in total. The molecule has 0 amide bonds. The van der Waals surface area contributed by atoms with Gasteiger partial charge in [0.1, 0.15) is 11.7 Å².